The van der Waals surface area contributed by atoms with Crippen molar-refractivity contribution < 1.29 is 14.6 Å². The van der Waals surface area contributed by atoms with Gasteiger partial charge >= 0.3 is 0 Å². The zero-order chi connectivity index (χ0) is 15.2. The van der Waals surface area contributed by atoms with Crippen LogP contribution in [0.1, 0.15) is 10.4 Å². The van der Waals surface area contributed by atoms with Crippen LogP contribution in [0.5, 0.6) is 11.5 Å². The average Bonchev–Trinajstić information content (AvgIpc) is 2.47. The van der Waals surface area contributed by atoms with Crippen LogP contribution in [-0.4, -0.2) is 22.6 Å². The number of hydrogen-bond donors (Lipinski definition) is 3. The molecule has 0 spiro atoms. The number of para-hydroxylation sites is 1. The number of phenolic OH excluding ortho intramolecular Hbond substituents is 1. The van der Waals surface area contributed by atoms with Crippen molar-refractivity contribution in [1.29, 1.82) is 0 Å². The van der Waals surface area contributed by atoms with Crippen molar-refractivity contribution in [3.8, 4) is 11.5 Å². The maximum atomic E-state index is 12.0. The fourth-order valence-electron chi connectivity index (χ4n) is 1.65. The van der Waals surface area contributed by atoms with E-state index in [0.717, 1.165) is 0 Å². The summed E-state index contributed by atoms with van der Waals surface area (Å²) in [6, 6.07) is 13.1. The molecule has 21 heavy (non-hydrogen) atoms. The van der Waals surface area contributed by atoms with Gasteiger partial charge in [-0.2, -0.15) is 0 Å². The Morgan fingerprint density at radius 2 is 1.86 bits per heavy atom. The van der Waals surface area contributed by atoms with Gasteiger partial charge in [-0.3, -0.25) is 4.79 Å². The number of nitrogens with one attached hydrogen (secondary N) is 1. The van der Waals surface area contributed by atoms with Crippen LogP contribution in [0.2, 0.25) is 0 Å². The number of benzene rings is 2. The number of nitrogens with two attached hydrogens (primary N) is 1. The maximum absolute atomic E-state index is 12.0. The zero-order valence-electron chi connectivity index (χ0n) is 11.1. The molecule has 4 N–H and O–H groups in total. The lowest BCUT2D eigenvalue weighted by Crippen LogP contribution is -2.17. The normalized spacial score (nSPS) is 9.90. The summed E-state index contributed by atoms with van der Waals surface area (Å²) < 4.78 is 5.31. The van der Waals surface area contributed by atoms with E-state index < -0.39 is 0 Å². The molecule has 0 aliphatic rings. The number of carbonyl (C=O) groups is 1. The van der Waals surface area contributed by atoms with Crippen molar-refractivity contribution in [2.45, 2.75) is 0 Å². The minimum absolute atomic E-state index is 0.0635. The van der Waals surface area contributed by atoms with Gasteiger partial charge in [-0.15, -0.1) is 0 Å². The lowest BCUT2D eigenvalue weighted by atomic mass is 10.2. The first-order valence-electron chi connectivity index (χ1n) is 6.17. The molecule has 0 unspecified atom stereocenters. The topological polar surface area (TPSA) is 84.6 Å². The van der Waals surface area contributed by atoms with Gasteiger partial charge in [-0.05, 0) is 36.4 Å². The molecule has 0 heterocycles. The lowest BCUT2D eigenvalue weighted by molar-refractivity contribution is 0.102. The van der Waals surface area contributed by atoms with Crippen LogP contribution in [0, 0.1) is 0 Å². The van der Waals surface area contributed by atoms with Crippen LogP contribution in [0.25, 0.3) is 0 Å². The summed E-state index contributed by atoms with van der Waals surface area (Å²) in [6.07, 6.45) is 0. The van der Waals surface area contributed by atoms with Crippen LogP contribution in [-0.2, 0) is 0 Å². The molecule has 6 heteroatoms. The van der Waals surface area contributed by atoms with Gasteiger partial charge in [0.2, 0.25) is 0 Å². The van der Waals surface area contributed by atoms with E-state index in [0.29, 0.717) is 11.4 Å². The first-order chi connectivity index (χ1) is 10.1. The van der Waals surface area contributed by atoms with Crippen LogP contribution in [0.3, 0.4) is 0 Å². The molecule has 108 valence electrons. The van der Waals surface area contributed by atoms with Crippen molar-refractivity contribution in [3.05, 3.63) is 54.1 Å². The van der Waals surface area contributed by atoms with E-state index in [-0.39, 0.29) is 28.8 Å². The fraction of sp³-hybridized carbons (Fsp3) is 0.0667. The highest BCUT2D eigenvalue weighted by Gasteiger charge is 2.10. The maximum Gasteiger partial charge on any atom is 0.259 e. The molecule has 1 amide bonds. The van der Waals surface area contributed by atoms with E-state index in [9.17, 15) is 9.90 Å². The van der Waals surface area contributed by atoms with Gasteiger partial charge in [0.05, 0.1) is 5.56 Å². The molecule has 2 rings (SSSR count). The van der Waals surface area contributed by atoms with Gasteiger partial charge in [0.15, 0.2) is 0 Å². The van der Waals surface area contributed by atoms with Crippen LogP contribution < -0.4 is 15.8 Å². The molecule has 0 atom stereocenters. The average molecular weight is 302 g/mol. The van der Waals surface area contributed by atoms with Crippen molar-refractivity contribution in [2.75, 3.05) is 11.9 Å². The Hall–Kier alpha value is -2.60. The number of thiocarbonyl (C=S) groups is 1. The van der Waals surface area contributed by atoms with Crippen molar-refractivity contribution in [1.82, 2.24) is 0 Å². The Balaban J connectivity index is 2.02. The van der Waals surface area contributed by atoms with Gasteiger partial charge in [0, 0.05) is 5.69 Å². The van der Waals surface area contributed by atoms with Crippen LogP contribution >= 0.6 is 12.2 Å². The zero-order valence-corrected chi connectivity index (χ0v) is 11.9. The Morgan fingerprint density at radius 1 is 1.19 bits per heavy atom. The molecule has 5 nitrogen and oxygen atoms in total. The number of ether oxygens (including phenoxy) is 1. The largest absolute Gasteiger partial charge is 0.507 e. The van der Waals surface area contributed by atoms with Gasteiger partial charge in [0.25, 0.3) is 5.91 Å². The highest BCUT2D eigenvalue weighted by Crippen LogP contribution is 2.19. The Kier molecular flexibility index (Phi) is 4.73. The standard InChI is InChI=1S/C15H14N2O3S/c16-14(21)9-20-11-7-5-10(6-8-11)17-15(19)12-3-1-2-4-13(12)18/h1-8,18H,9H2,(H2,16,21)(H,17,19). The summed E-state index contributed by atoms with van der Waals surface area (Å²) in [7, 11) is 0. The van der Waals surface area contributed by atoms with Gasteiger partial charge < -0.3 is 20.9 Å². The van der Waals surface area contributed by atoms with E-state index in [1.165, 1.54) is 6.07 Å². The predicted octanol–water partition coefficient (Wildman–Crippen LogP) is 2.31. The number of hydrogen-bond acceptors (Lipinski definition) is 4. The summed E-state index contributed by atoms with van der Waals surface area (Å²) in [5, 5.41) is 12.3. The number of phenols is 1. The fourth-order valence-corrected chi connectivity index (χ4v) is 1.71. The van der Waals surface area contributed by atoms with Crippen LogP contribution in [0.15, 0.2) is 48.5 Å². The second-order valence-corrected chi connectivity index (χ2v) is 4.78. The van der Waals surface area contributed by atoms with E-state index in [2.05, 4.69) is 5.32 Å². The molecule has 0 aliphatic heterocycles. The van der Waals surface area contributed by atoms with Crippen LogP contribution in [0.4, 0.5) is 5.69 Å². The third-order valence-electron chi connectivity index (χ3n) is 2.64. The minimum Gasteiger partial charge on any atom is -0.507 e. The summed E-state index contributed by atoms with van der Waals surface area (Å²) in [4.78, 5) is 12.3. The van der Waals surface area contributed by atoms with E-state index in [4.69, 9.17) is 22.7 Å². The number of aromatic hydroxyl groups is 1. The first kappa shape index (κ1) is 14.8. The number of anilines is 1. The first-order valence-corrected chi connectivity index (χ1v) is 6.57. The summed E-state index contributed by atoms with van der Waals surface area (Å²) in [5.74, 6) is 0.152. The van der Waals surface area contributed by atoms with Gasteiger partial charge in [0.1, 0.15) is 23.1 Å². The lowest BCUT2D eigenvalue weighted by Gasteiger charge is -2.08. The number of rotatable bonds is 5. The number of carbonyl (C=O) groups excluding carboxylic acids is 1. The second-order valence-electron chi connectivity index (χ2n) is 4.25. The Morgan fingerprint density at radius 3 is 2.48 bits per heavy atom. The highest BCUT2D eigenvalue weighted by atomic mass is 32.1. The molecule has 0 aliphatic carbocycles. The SMILES string of the molecule is NC(=S)COc1ccc(NC(=O)c2ccccc2O)cc1. The third kappa shape index (κ3) is 4.19. The second kappa shape index (κ2) is 6.71. The molecule has 2 aromatic carbocycles. The third-order valence-corrected chi connectivity index (χ3v) is 2.76. The quantitative estimate of drug-likeness (QED) is 0.738. The highest BCUT2D eigenvalue weighted by molar-refractivity contribution is 7.80. The van der Waals surface area contributed by atoms with Gasteiger partial charge in [-0.25, -0.2) is 0 Å². The van der Waals surface area contributed by atoms with E-state index in [1.54, 1.807) is 42.5 Å². The molecule has 0 saturated carbocycles. The molecule has 0 aromatic heterocycles. The smallest absolute Gasteiger partial charge is 0.259 e. The van der Waals surface area contributed by atoms with Crippen molar-refractivity contribution in [2.24, 2.45) is 5.73 Å². The Bertz CT molecular complexity index is 656. The molecule has 0 fully saturated rings. The summed E-state index contributed by atoms with van der Waals surface area (Å²) in [5.41, 5.74) is 6.14. The van der Waals surface area contributed by atoms with Crippen molar-refractivity contribution >= 4 is 28.8 Å². The molecular weight excluding hydrogens is 288 g/mol. The molecule has 0 saturated heterocycles. The van der Waals surface area contributed by atoms with E-state index in [1.807, 2.05) is 0 Å². The summed E-state index contributed by atoms with van der Waals surface area (Å²) in [6.45, 7) is 0.166. The molecule has 0 bridgehead atoms. The molecule has 2 aromatic rings. The molecule has 0 radical (unpaired) electrons. The number of amides is 1. The monoisotopic (exact) mass is 302 g/mol. The Labute approximate surface area is 127 Å². The molecular formula is C15H14N2O3S. The summed E-state index contributed by atoms with van der Waals surface area (Å²) >= 11 is 4.72. The predicted molar refractivity (Wildman–Crippen MR) is 84.8 cm³/mol. The van der Waals surface area contributed by atoms with E-state index >= 15 is 0 Å². The van der Waals surface area contributed by atoms with Crippen molar-refractivity contribution in [3.63, 3.8) is 0 Å². The minimum atomic E-state index is -0.384. The van der Waals surface area contributed by atoms with Gasteiger partial charge in [-0.1, -0.05) is 24.4 Å².